The number of hydrogen-bond donors (Lipinski definition) is 4. The Labute approximate surface area is 171 Å². The van der Waals surface area contributed by atoms with Gasteiger partial charge in [-0.05, 0) is 0 Å². The number of carbonyl (C=O) groups excluding carboxylic acids is 3. The lowest BCUT2D eigenvalue weighted by Crippen LogP contribution is -2.60. The predicted octanol–water partition coefficient (Wildman–Crippen LogP) is -3.05. The predicted molar refractivity (Wildman–Crippen MR) is 91.3 cm³/mol. The maximum absolute atomic E-state index is 11.6. The molecule has 0 radical (unpaired) electrons. The molecular formula is C17H26O13. The number of aliphatic hydroxyl groups is 4. The van der Waals surface area contributed by atoms with Crippen LogP contribution in [0.1, 0.15) is 20.8 Å². The van der Waals surface area contributed by atoms with Crippen molar-refractivity contribution in [2.75, 3.05) is 13.2 Å². The van der Waals surface area contributed by atoms with Crippen molar-refractivity contribution >= 4 is 17.9 Å². The van der Waals surface area contributed by atoms with Gasteiger partial charge in [-0.15, -0.1) is 0 Å². The van der Waals surface area contributed by atoms with Crippen LogP contribution in [0, 0.1) is 0 Å². The van der Waals surface area contributed by atoms with E-state index in [1.165, 1.54) is 0 Å². The molecule has 4 N–H and O–H groups in total. The summed E-state index contributed by atoms with van der Waals surface area (Å²) in [5, 5.41) is 38.9. The molecule has 2 heterocycles. The Morgan fingerprint density at radius 3 is 1.97 bits per heavy atom. The fraction of sp³-hybridized carbons (Fsp3) is 0.824. The lowest BCUT2D eigenvalue weighted by Gasteiger charge is -2.42. The van der Waals surface area contributed by atoms with E-state index in [9.17, 15) is 34.8 Å². The first-order valence-corrected chi connectivity index (χ1v) is 9.13. The van der Waals surface area contributed by atoms with Gasteiger partial charge in [0.25, 0.3) is 0 Å². The summed E-state index contributed by atoms with van der Waals surface area (Å²) in [6.07, 6.45) is -13.0. The molecule has 0 saturated carbocycles. The van der Waals surface area contributed by atoms with E-state index in [1.54, 1.807) is 0 Å². The van der Waals surface area contributed by atoms with Gasteiger partial charge in [0, 0.05) is 20.8 Å². The fourth-order valence-corrected chi connectivity index (χ4v) is 3.11. The van der Waals surface area contributed by atoms with Crippen LogP contribution in [0.3, 0.4) is 0 Å². The Bertz CT molecular complexity index is 625. The SMILES string of the molecule is CC(=O)O[C@@H]1[C@@H](OC(C)=O)[C@H](OC[C@H]2OC(O)[C@H](O)[C@@H](O)[C@@H]2O)OC[C@@H]1OC(C)=O. The van der Waals surface area contributed by atoms with Crippen LogP contribution in [0.15, 0.2) is 0 Å². The Hall–Kier alpha value is -1.87. The quantitative estimate of drug-likeness (QED) is 0.242. The van der Waals surface area contributed by atoms with Crippen LogP contribution >= 0.6 is 0 Å². The number of hydrogen-bond acceptors (Lipinski definition) is 13. The highest BCUT2D eigenvalue weighted by Gasteiger charge is 2.49. The van der Waals surface area contributed by atoms with Crippen LogP contribution in [-0.2, 0) is 42.8 Å². The van der Waals surface area contributed by atoms with E-state index < -0.39 is 79.8 Å². The van der Waals surface area contributed by atoms with Crippen LogP contribution in [0.5, 0.6) is 0 Å². The smallest absolute Gasteiger partial charge is 0.303 e. The second-order valence-electron chi connectivity index (χ2n) is 6.87. The molecule has 13 heteroatoms. The molecule has 1 unspecified atom stereocenters. The van der Waals surface area contributed by atoms with Crippen LogP contribution < -0.4 is 0 Å². The van der Waals surface area contributed by atoms with Gasteiger partial charge in [0.2, 0.25) is 0 Å². The highest BCUT2D eigenvalue weighted by atomic mass is 16.7. The fourth-order valence-electron chi connectivity index (χ4n) is 3.11. The molecule has 30 heavy (non-hydrogen) atoms. The summed E-state index contributed by atoms with van der Waals surface area (Å²) >= 11 is 0. The summed E-state index contributed by atoms with van der Waals surface area (Å²) in [6, 6.07) is 0. The summed E-state index contributed by atoms with van der Waals surface area (Å²) in [5.74, 6) is -2.18. The average molecular weight is 438 g/mol. The van der Waals surface area contributed by atoms with E-state index in [0.717, 1.165) is 20.8 Å². The first kappa shape index (κ1) is 24.4. The maximum Gasteiger partial charge on any atom is 0.303 e. The van der Waals surface area contributed by atoms with Crippen LogP contribution in [0.25, 0.3) is 0 Å². The molecular weight excluding hydrogens is 412 g/mol. The van der Waals surface area contributed by atoms with Crippen molar-refractivity contribution in [1.82, 2.24) is 0 Å². The third-order valence-corrected chi connectivity index (χ3v) is 4.42. The first-order chi connectivity index (χ1) is 14.0. The molecule has 0 aromatic heterocycles. The van der Waals surface area contributed by atoms with Crippen molar-refractivity contribution in [3.63, 3.8) is 0 Å². The molecule has 0 amide bonds. The third-order valence-electron chi connectivity index (χ3n) is 4.42. The van der Waals surface area contributed by atoms with Gasteiger partial charge in [-0.3, -0.25) is 14.4 Å². The van der Waals surface area contributed by atoms with Crippen molar-refractivity contribution in [2.24, 2.45) is 0 Å². The van der Waals surface area contributed by atoms with Gasteiger partial charge in [-0.25, -0.2) is 0 Å². The highest BCUT2D eigenvalue weighted by Crippen LogP contribution is 2.27. The van der Waals surface area contributed by atoms with Crippen molar-refractivity contribution in [1.29, 1.82) is 0 Å². The lowest BCUT2D eigenvalue weighted by atomic mass is 9.99. The van der Waals surface area contributed by atoms with Gasteiger partial charge in [0.05, 0.1) is 13.2 Å². The number of esters is 3. The Kier molecular flexibility index (Phi) is 8.49. The summed E-state index contributed by atoms with van der Waals surface area (Å²) in [5.41, 5.74) is 0. The van der Waals surface area contributed by atoms with E-state index in [-0.39, 0.29) is 6.61 Å². The monoisotopic (exact) mass is 438 g/mol. The van der Waals surface area contributed by atoms with E-state index in [4.69, 9.17) is 28.4 Å². The molecule has 2 aliphatic heterocycles. The minimum atomic E-state index is -1.77. The summed E-state index contributed by atoms with van der Waals surface area (Å²) in [7, 11) is 0. The summed E-state index contributed by atoms with van der Waals surface area (Å²) < 4.78 is 31.3. The molecule has 2 fully saturated rings. The molecule has 0 aromatic rings. The zero-order chi connectivity index (χ0) is 22.6. The van der Waals surface area contributed by atoms with Crippen LogP contribution in [0.2, 0.25) is 0 Å². The van der Waals surface area contributed by atoms with E-state index in [2.05, 4.69) is 0 Å². The standard InChI is InChI=1S/C17H26O13/c1-6(18)27-10-5-26-17(15(29-8(3)20)14(10)28-7(2)19)25-4-9-11(21)12(22)13(23)16(24)30-9/h9-17,21-24H,4-5H2,1-3H3/t9-,10+,11-,12+,13-,14+,15-,16?,17-/m1/s1. The second-order valence-corrected chi connectivity index (χ2v) is 6.87. The molecule has 13 nitrogen and oxygen atoms in total. The van der Waals surface area contributed by atoms with Crippen molar-refractivity contribution in [2.45, 2.75) is 76.1 Å². The average Bonchev–Trinajstić information content (AvgIpc) is 2.64. The van der Waals surface area contributed by atoms with E-state index in [0.29, 0.717) is 0 Å². The number of ether oxygens (including phenoxy) is 6. The molecule has 2 aliphatic rings. The zero-order valence-electron chi connectivity index (χ0n) is 16.6. The minimum Gasteiger partial charge on any atom is -0.456 e. The second kappa shape index (κ2) is 10.4. The van der Waals surface area contributed by atoms with Gasteiger partial charge in [-0.2, -0.15) is 0 Å². The molecule has 172 valence electrons. The normalized spacial score (nSPS) is 39.1. The molecule has 0 spiro atoms. The van der Waals surface area contributed by atoms with Crippen molar-refractivity contribution < 1.29 is 63.2 Å². The van der Waals surface area contributed by atoms with Gasteiger partial charge in [-0.1, -0.05) is 0 Å². The topological polar surface area (TPSA) is 188 Å². The zero-order valence-corrected chi connectivity index (χ0v) is 16.6. The van der Waals surface area contributed by atoms with Gasteiger partial charge < -0.3 is 48.8 Å². The molecule has 0 aromatic carbocycles. The summed E-state index contributed by atoms with van der Waals surface area (Å²) in [4.78, 5) is 34.4. The van der Waals surface area contributed by atoms with Crippen molar-refractivity contribution in [3.05, 3.63) is 0 Å². The molecule has 2 rings (SSSR count). The van der Waals surface area contributed by atoms with Gasteiger partial charge in [0.15, 0.2) is 30.9 Å². The Morgan fingerprint density at radius 2 is 1.40 bits per heavy atom. The number of carbonyl (C=O) groups is 3. The maximum atomic E-state index is 11.6. The first-order valence-electron chi connectivity index (χ1n) is 9.13. The van der Waals surface area contributed by atoms with E-state index >= 15 is 0 Å². The molecule has 9 atom stereocenters. The molecule has 0 bridgehead atoms. The number of aliphatic hydroxyl groups excluding tert-OH is 4. The number of rotatable bonds is 6. The van der Waals surface area contributed by atoms with Crippen LogP contribution in [-0.4, -0.2) is 107 Å². The molecule has 0 aliphatic carbocycles. The molecule has 2 saturated heterocycles. The van der Waals surface area contributed by atoms with Crippen LogP contribution in [0.4, 0.5) is 0 Å². The Balaban J connectivity index is 2.14. The largest absolute Gasteiger partial charge is 0.456 e. The van der Waals surface area contributed by atoms with E-state index in [1.807, 2.05) is 0 Å². The summed E-state index contributed by atoms with van der Waals surface area (Å²) in [6.45, 7) is 2.62. The van der Waals surface area contributed by atoms with Gasteiger partial charge in [0.1, 0.15) is 24.4 Å². The lowest BCUT2D eigenvalue weighted by molar-refractivity contribution is -0.314. The third kappa shape index (κ3) is 6.07. The van der Waals surface area contributed by atoms with Gasteiger partial charge >= 0.3 is 17.9 Å². The minimum absolute atomic E-state index is 0.266. The van der Waals surface area contributed by atoms with Crippen molar-refractivity contribution in [3.8, 4) is 0 Å². The Morgan fingerprint density at radius 1 is 0.833 bits per heavy atom. The highest BCUT2D eigenvalue weighted by molar-refractivity contribution is 5.68.